The van der Waals surface area contributed by atoms with Gasteiger partial charge < -0.3 is 10.2 Å². The first-order chi connectivity index (χ1) is 14.7. The smallest absolute Gasteiger partial charge is 0.272 e. The maximum Gasteiger partial charge on any atom is 0.272 e. The Morgan fingerprint density at radius 1 is 1.10 bits per heavy atom. The van der Waals surface area contributed by atoms with Crippen LogP contribution in [-0.4, -0.2) is 40.8 Å². The number of carbonyl (C=O) groups excluding carboxylic acids is 2. The molecule has 1 N–H and O–H groups in total. The molecule has 31 heavy (non-hydrogen) atoms. The van der Waals surface area contributed by atoms with Crippen LogP contribution < -0.4 is 5.32 Å². The maximum absolute atomic E-state index is 13.0. The third kappa shape index (κ3) is 4.93. The minimum Gasteiger partial charge on any atom is -0.354 e. The number of rotatable bonds is 6. The second-order valence-electron chi connectivity index (χ2n) is 8.33. The molecular formula is C24H29N3O4. The van der Waals surface area contributed by atoms with Crippen LogP contribution in [0.5, 0.6) is 0 Å². The zero-order valence-electron chi connectivity index (χ0n) is 18.5. The van der Waals surface area contributed by atoms with Gasteiger partial charge >= 0.3 is 0 Å². The predicted octanol–water partition coefficient (Wildman–Crippen LogP) is 3.79. The van der Waals surface area contributed by atoms with Gasteiger partial charge in [-0.3, -0.25) is 19.7 Å². The van der Waals surface area contributed by atoms with Gasteiger partial charge in [0.05, 0.1) is 4.92 Å². The Bertz CT molecular complexity index is 1010. The summed E-state index contributed by atoms with van der Waals surface area (Å²) in [7, 11) is 0. The highest BCUT2D eigenvalue weighted by Crippen LogP contribution is 2.24. The minimum atomic E-state index is -0.511. The number of amides is 2. The number of aryl methyl sites for hydroxylation is 4. The van der Waals surface area contributed by atoms with Crippen LogP contribution in [0, 0.1) is 37.8 Å². The van der Waals surface area contributed by atoms with Crippen molar-refractivity contribution in [3.63, 3.8) is 0 Å². The molecule has 1 aliphatic rings. The molecular weight excluding hydrogens is 394 g/mol. The van der Waals surface area contributed by atoms with Gasteiger partial charge in [0.15, 0.2) is 0 Å². The Hall–Kier alpha value is -3.22. The standard InChI is InChI=1S/C24H29N3O4/c1-15-12-16(2)20(17(3)13-15)9-10-25-23(28)22-6-5-11-26(22)24(29)19-7-8-21(27(30)31)18(4)14-19/h7-8,12-14,22H,5-6,9-11H2,1-4H3,(H,25,28). The second-order valence-corrected chi connectivity index (χ2v) is 8.33. The van der Waals surface area contributed by atoms with Gasteiger partial charge in [0.2, 0.25) is 5.91 Å². The molecule has 1 atom stereocenters. The van der Waals surface area contributed by atoms with Crippen molar-refractivity contribution in [2.24, 2.45) is 0 Å². The molecule has 2 aromatic rings. The zero-order valence-corrected chi connectivity index (χ0v) is 18.5. The molecule has 1 fully saturated rings. The Balaban J connectivity index is 1.64. The molecule has 1 saturated heterocycles. The fourth-order valence-corrected chi connectivity index (χ4v) is 4.47. The summed E-state index contributed by atoms with van der Waals surface area (Å²) < 4.78 is 0. The number of hydrogen-bond donors (Lipinski definition) is 1. The van der Waals surface area contributed by atoms with E-state index < -0.39 is 11.0 Å². The van der Waals surface area contributed by atoms with Crippen LogP contribution in [0.4, 0.5) is 5.69 Å². The van der Waals surface area contributed by atoms with Crippen molar-refractivity contribution in [2.45, 2.75) is 53.0 Å². The average molecular weight is 424 g/mol. The van der Waals surface area contributed by atoms with E-state index in [2.05, 4.69) is 38.2 Å². The normalized spacial score (nSPS) is 15.7. The summed E-state index contributed by atoms with van der Waals surface area (Å²) in [6.07, 6.45) is 2.12. The van der Waals surface area contributed by atoms with E-state index in [1.165, 1.54) is 40.5 Å². The molecule has 7 heteroatoms. The summed E-state index contributed by atoms with van der Waals surface area (Å²) in [4.78, 5) is 37.9. The van der Waals surface area contributed by atoms with Gasteiger partial charge in [0, 0.05) is 30.3 Å². The lowest BCUT2D eigenvalue weighted by Gasteiger charge is -2.24. The Labute approximate surface area is 182 Å². The van der Waals surface area contributed by atoms with Crippen LogP contribution in [0.15, 0.2) is 30.3 Å². The van der Waals surface area contributed by atoms with Crippen LogP contribution in [0.3, 0.4) is 0 Å². The first-order valence-electron chi connectivity index (χ1n) is 10.6. The molecule has 2 amide bonds. The molecule has 0 bridgehead atoms. The average Bonchev–Trinajstić information content (AvgIpc) is 3.18. The van der Waals surface area contributed by atoms with Crippen molar-refractivity contribution < 1.29 is 14.5 Å². The van der Waals surface area contributed by atoms with Crippen LogP contribution in [0.1, 0.15) is 51.0 Å². The van der Waals surface area contributed by atoms with E-state index in [9.17, 15) is 19.7 Å². The van der Waals surface area contributed by atoms with Crippen LogP contribution in [0.2, 0.25) is 0 Å². The molecule has 7 nitrogen and oxygen atoms in total. The monoisotopic (exact) mass is 423 g/mol. The van der Waals surface area contributed by atoms with Crippen molar-refractivity contribution in [1.82, 2.24) is 10.2 Å². The zero-order chi connectivity index (χ0) is 22.7. The molecule has 1 aliphatic heterocycles. The Morgan fingerprint density at radius 2 is 1.77 bits per heavy atom. The summed E-state index contributed by atoms with van der Waals surface area (Å²) >= 11 is 0. The number of nitro benzene ring substituents is 1. The summed E-state index contributed by atoms with van der Waals surface area (Å²) in [5.41, 5.74) is 5.69. The van der Waals surface area contributed by atoms with E-state index in [0.717, 1.165) is 12.8 Å². The topological polar surface area (TPSA) is 92.6 Å². The van der Waals surface area contributed by atoms with Crippen molar-refractivity contribution in [3.05, 3.63) is 73.8 Å². The van der Waals surface area contributed by atoms with Gasteiger partial charge in [-0.25, -0.2) is 0 Å². The lowest BCUT2D eigenvalue weighted by atomic mass is 9.97. The molecule has 164 valence electrons. The largest absolute Gasteiger partial charge is 0.354 e. The fraction of sp³-hybridized carbons (Fsp3) is 0.417. The first kappa shape index (κ1) is 22.5. The van der Waals surface area contributed by atoms with Crippen molar-refractivity contribution in [1.29, 1.82) is 0 Å². The molecule has 0 aliphatic carbocycles. The molecule has 0 saturated carbocycles. The van der Waals surface area contributed by atoms with Crippen molar-refractivity contribution >= 4 is 17.5 Å². The SMILES string of the molecule is Cc1cc(C)c(CCNC(=O)C2CCCN2C(=O)c2ccc([N+](=O)[O-])c(C)c2)c(C)c1. The first-order valence-corrected chi connectivity index (χ1v) is 10.6. The Morgan fingerprint density at radius 3 is 2.39 bits per heavy atom. The summed E-state index contributed by atoms with van der Waals surface area (Å²) in [6.45, 7) is 8.87. The summed E-state index contributed by atoms with van der Waals surface area (Å²) in [6, 6.07) is 8.12. The number of nitrogens with zero attached hydrogens (tertiary/aromatic N) is 2. The van der Waals surface area contributed by atoms with Crippen LogP contribution in [-0.2, 0) is 11.2 Å². The van der Waals surface area contributed by atoms with Gasteiger partial charge in [-0.1, -0.05) is 17.7 Å². The van der Waals surface area contributed by atoms with Crippen LogP contribution >= 0.6 is 0 Å². The third-order valence-corrected chi connectivity index (χ3v) is 5.97. The van der Waals surface area contributed by atoms with E-state index in [4.69, 9.17) is 0 Å². The van der Waals surface area contributed by atoms with Gasteiger partial charge in [-0.05, 0) is 75.8 Å². The highest BCUT2D eigenvalue weighted by Gasteiger charge is 2.34. The van der Waals surface area contributed by atoms with Gasteiger partial charge in [0.25, 0.3) is 11.6 Å². The maximum atomic E-state index is 13.0. The molecule has 2 aromatic carbocycles. The Kier molecular flexibility index (Phi) is 6.73. The number of nitro groups is 1. The van der Waals surface area contributed by atoms with E-state index >= 15 is 0 Å². The van der Waals surface area contributed by atoms with E-state index in [-0.39, 0.29) is 17.5 Å². The van der Waals surface area contributed by atoms with Gasteiger partial charge in [-0.15, -0.1) is 0 Å². The van der Waals surface area contributed by atoms with E-state index in [1.54, 1.807) is 11.8 Å². The lowest BCUT2D eigenvalue weighted by molar-refractivity contribution is -0.385. The number of carbonyl (C=O) groups is 2. The molecule has 1 heterocycles. The number of likely N-dealkylation sites (tertiary alicyclic amines) is 1. The fourth-order valence-electron chi connectivity index (χ4n) is 4.47. The highest BCUT2D eigenvalue weighted by molar-refractivity contribution is 5.98. The third-order valence-electron chi connectivity index (χ3n) is 5.97. The number of nitrogens with one attached hydrogen (secondary N) is 1. The van der Waals surface area contributed by atoms with E-state index in [1.807, 2.05) is 0 Å². The predicted molar refractivity (Wildman–Crippen MR) is 119 cm³/mol. The van der Waals surface area contributed by atoms with Crippen molar-refractivity contribution in [3.8, 4) is 0 Å². The quantitative estimate of drug-likeness (QED) is 0.565. The van der Waals surface area contributed by atoms with Gasteiger partial charge in [0.1, 0.15) is 6.04 Å². The van der Waals surface area contributed by atoms with Gasteiger partial charge in [-0.2, -0.15) is 0 Å². The van der Waals surface area contributed by atoms with Crippen LogP contribution in [0.25, 0.3) is 0 Å². The molecule has 0 radical (unpaired) electrons. The molecule has 1 unspecified atom stereocenters. The molecule has 3 rings (SSSR count). The highest BCUT2D eigenvalue weighted by atomic mass is 16.6. The summed E-state index contributed by atoms with van der Waals surface area (Å²) in [5.74, 6) is -0.409. The minimum absolute atomic E-state index is 0.0195. The molecule has 0 aromatic heterocycles. The van der Waals surface area contributed by atoms with E-state index in [0.29, 0.717) is 30.6 Å². The number of benzene rings is 2. The summed E-state index contributed by atoms with van der Waals surface area (Å²) in [5, 5.41) is 14.0. The second kappa shape index (κ2) is 9.29. The number of hydrogen-bond acceptors (Lipinski definition) is 4. The lowest BCUT2D eigenvalue weighted by Crippen LogP contribution is -2.46. The molecule has 0 spiro atoms. The van der Waals surface area contributed by atoms with Crippen molar-refractivity contribution in [2.75, 3.05) is 13.1 Å².